The summed E-state index contributed by atoms with van der Waals surface area (Å²) >= 11 is 6.14. The Morgan fingerprint density at radius 3 is 2.23 bits per heavy atom. The van der Waals surface area contributed by atoms with Crippen molar-refractivity contribution in [1.82, 2.24) is 19.6 Å². The van der Waals surface area contributed by atoms with Gasteiger partial charge in [-0.3, -0.25) is 19.4 Å². The number of ether oxygens (including phenoxy) is 1. The second kappa shape index (κ2) is 9.54. The van der Waals surface area contributed by atoms with Crippen LogP contribution >= 0.6 is 11.6 Å². The first kappa shape index (κ1) is 21.4. The van der Waals surface area contributed by atoms with E-state index in [4.69, 9.17) is 16.3 Å². The smallest absolute Gasteiger partial charge is 0.236 e. The maximum Gasteiger partial charge on any atom is 0.236 e. The third kappa shape index (κ3) is 5.25. The molecule has 8 heteroatoms. The zero-order valence-electron chi connectivity index (χ0n) is 17.7. The molecule has 30 heavy (non-hydrogen) atoms. The molecule has 2 amide bonds. The number of carbonyl (C=O) groups is 2. The van der Waals surface area contributed by atoms with Crippen LogP contribution in [0.4, 0.5) is 0 Å². The van der Waals surface area contributed by atoms with E-state index in [1.807, 2.05) is 28.0 Å². The summed E-state index contributed by atoms with van der Waals surface area (Å²) in [5.41, 5.74) is 1.09. The highest BCUT2D eigenvalue weighted by molar-refractivity contribution is 6.30. The van der Waals surface area contributed by atoms with Crippen molar-refractivity contribution in [2.75, 3.05) is 66.0 Å². The SMILES string of the molecule is COc1ccc(Cl)cc1CN1CCN(CC(=O)N2CCN(C(=O)C3CC3)CC2)CC1. The van der Waals surface area contributed by atoms with E-state index in [0.717, 1.165) is 56.9 Å². The maximum absolute atomic E-state index is 12.7. The van der Waals surface area contributed by atoms with Crippen molar-refractivity contribution in [2.24, 2.45) is 5.92 Å². The first-order chi connectivity index (χ1) is 14.5. The van der Waals surface area contributed by atoms with E-state index in [1.54, 1.807) is 7.11 Å². The van der Waals surface area contributed by atoms with Crippen LogP contribution in [0.2, 0.25) is 5.02 Å². The largest absolute Gasteiger partial charge is 0.496 e. The van der Waals surface area contributed by atoms with Gasteiger partial charge in [0, 0.05) is 75.4 Å². The van der Waals surface area contributed by atoms with Crippen LogP contribution in [0, 0.1) is 5.92 Å². The summed E-state index contributed by atoms with van der Waals surface area (Å²) in [6, 6.07) is 5.71. The van der Waals surface area contributed by atoms with Crippen LogP contribution in [-0.4, -0.2) is 97.4 Å². The molecule has 4 rings (SSSR count). The molecular weight excluding hydrogens is 404 g/mol. The minimum absolute atomic E-state index is 0.179. The highest BCUT2D eigenvalue weighted by Gasteiger charge is 2.35. The second-order valence-corrected chi connectivity index (χ2v) is 8.93. The molecular formula is C22H31ClN4O3. The van der Waals surface area contributed by atoms with Crippen LogP contribution in [0.3, 0.4) is 0 Å². The number of piperazine rings is 2. The fraction of sp³-hybridized carbons (Fsp3) is 0.636. The van der Waals surface area contributed by atoms with Gasteiger partial charge in [0.2, 0.25) is 11.8 Å². The van der Waals surface area contributed by atoms with Gasteiger partial charge in [0.05, 0.1) is 13.7 Å². The van der Waals surface area contributed by atoms with Crippen LogP contribution in [0.5, 0.6) is 5.75 Å². The summed E-state index contributed by atoms with van der Waals surface area (Å²) in [6.07, 6.45) is 2.07. The third-order valence-electron chi connectivity index (χ3n) is 6.33. The van der Waals surface area contributed by atoms with Crippen molar-refractivity contribution in [3.05, 3.63) is 28.8 Å². The lowest BCUT2D eigenvalue weighted by Crippen LogP contribution is -2.54. The van der Waals surface area contributed by atoms with Gasteiger partial charge in [-0.2, -0.15) is 0 Å². The minimum atomic E-state index is 0.179. The molecule has 3 fully saturated rings. The van der Waals surface area contributed by atoms with Crippen LogP contribution in [0.1, 0.15) is 18.4 Å². The van der Waals surface area contributed by atoms with Gasteiger partial charge in [0.15, 0.2) is 0 Å². The number of hydrogen-bond donors (Lipinski definition) is 0. The van der Waals surface area contributed by atoms with Gasteiger partial charge in [-0.25, -0.2) is 0 Å². The van der Waals surface area contributed by atoms with Crippen molar-refractivity contribution >= 4 is 23.4 Å². The Hall–Kier alpha value is -1.83. The number of benzene rings is 1. The Balaban J connectivity index is 1.20. The van der Waals surface area contributed by atoms with E-state index in [2.05, 4.69) is 9.80 Å². The topological polar surface area (TPSA) is 56.3 Å². The number of amides is 2. The molecule has 1 aromatic carbocycles. The number of methoxy groups -OCH3 is 1. The number of carbonyl (C=O) groups excluding carboxylic acids is 2. The first-order valence-electron chi connectivity index (χ1n) is 10.9. The fourth-order valence-corrected chi connectivity index (χ4v) is 4.47. The molecule has 0 N–H and O–H groups in total. The van der Waals surface area contributed by atoms with Crippen molar-refractivity contribution < 1.29 is 14.3 Å². The van der Waals surface area contributed by atoms with E-state index in [1.165, 1.54) is 0 Å². The van der Waals surface area contributed by atoms with E-state index < -0.39 is 0 Å². The molecule has 2 aliphatic heterocycles. The minimum Gasteiger partial charge on any atom is -0.496 e. The standard InChI is InChI=1S/C22H31ClN4O3/c1-30-20-5-4-19(23)14-18(20)15-24-6-8-25(9-7-24)16-21(28)26-10-12-27(13-11-26)22(29)17-2-3-17/h4-5,14,17H,2-3,6-13,15-16H2,1H3. The van der Waals surface area contributed by atoms with Crippen LogP contribution in [0.25, 0.3) is 0 Å². The molecule has 1 aromatic rings. The summed E-state index contributed by atoms with van der Waals surface area (Å²) in [5.74, 6) is 1.58. The molecule has 2 heterocycles. The van der Waals surface area contributed by atoms with Gasteiger partial charge in [-0.05, 0) is 31.0 Å². The monoisotopic (exact) mass is 434 g/mol. The van der Waals surface area contributed by atoms with E-state index >= 15 is 0 Å². The number of halogens is 1. The molecule has 0 atom stereocenters. The Kier molecular flexibility index (Phi) is 6.80. The van der Waals surface area contributed by atoms with Crippen molar-refractivity contribution in [3.8, 4) is 5.75 Å². The van der Waals surface area contributed by atoms with Crippen molar-refractivity contribution in [3.63, 3.8) is 0 Å². The molecule has 164 valence electrons. The van der Waals surface area contributed by atoms with Crippen LogP contribution in [-0.2, 0) is 16.1 Å². The maximum atomic E-state index is 12.7. The fourth-order valence-electron chi connectivity index (χ4n) is 4.27. The van der Waals surface area contributed by atoms with Gasteiger partial charge >= 0.3 is 0 Å². The summed E-state index contributed by atoms with van der Waals surface area (Å²) < 4.78 is 5.45. The van der Waals surface area contributed by atoms with Crippen molar-refractivity contribution in [2.45, 2.75) is 19.4 Å². The van der Waals surface area contributed by atoms with Crippen molar-refractivity contribution in [1.29, 1.82) is 0 Å². The molecule has 3 aliphatic rings. The summed E-state index contributed by atoms with van der Waals surface area (Å²) in [4.78, 5) is 33.3. The van der Waals surface area contributed by atoms with Crippen LogP contribution < -0.4 is 4.74 Å². The highest BCUT2D eigenvalue weighted by Crippen LogP contribution is 2.31. The predicted molar refractivity (Wildman–Crippen MR) is 116 cm³/mol. The lowest BCUT2D eigenvalue weighted by atomic mass is 10.1. The number of nitrogens with zero attached hydrogens (tertiary/aromatic N) is 4. The summed E-state index contributed by atoms with van der Waals surface area (Å²) in [7, 11) is 1.68. The molecule has 0 bridgehead atoms. The Labute approximate surface area is 183 Å². The van der Waals surface area contributed by atoms with Gasteiger partial charge in [0.25, 0.3) is 0 Å². The molecule has 0 radical (unpaired) electrons. The average molecular weight is 435 g/mol. The zero-order valence-corrected chi connectivity index (χ0v) is 18.4. The van der Waals surface area contributed by atoms with E-state index in [-0.39, 0.29) is 17.7 Å². The number of hydrogen-bond acceptors (Lipinski definition) is 5. The number of rotatable bonds is 6. The molecule has 1 aliphatic carbocycles. The van der Waals surface area contributed by atoms with Gasteiger partial charge in [0.1, 0.15) is 5.75 Å². The Morgan fingerprint density at radius 1 is 0.967 bits per heavy atom. The second-order valence-electron chi connectivity index (χ2n) is 8.49. The van der Waals surface area contributed by atoms with Gasteiger partial charge in [-0.1, -0.05) is 11.6 Å². The quantitative estimate of drug-likeness (QED) is 0.680. The third-order valence-corrected chi connectivity index (χ3v) is 6.57. The lowest BCUT2D eigenvalue weighted by molar-refractivity contribution is -0.141. The van der Waals surface area contributed by atoms with E-state index in [9.17, 15) is 9.59 Å². The van der Waals surface area contributed by atoms with E-state index in [0.29, 0.717) is 37.7 Å². The molecule has 0 aromatic heterocycles. The molecule has 0 spiro atoms. The van der Waals surface area contributed by atoms with Crippen LogP contribution in [0.15, 0.2) is 18.2 Å². The Bertz CT molecular complexity index is 770. The normalized spacial score (nSPS) is 21.0. The molecule has 0 unspecified atom stereocenters. The molecule has 2 saturated heterocycles. The van der Waals surface area contributed by atoms with Gasteiger partial charge in [-0.15, -0.1) is 0 Å². The Morgan fingerprint density at radius 2 is 1.60 bits per heavy atom. The highest BCUT2D eigenvalue weighted by atomic mass is 35.5. The first-order valence-corrected chi connectivity index (χ1v) is 11.2. The summed E-state index contributed by atoms with van der Waals surface area (Å²) in [5, 5.41) is 0.717. The predicted octanol–water partition coefficient (Wildman–Crippen LogP) is 1.55. The molecule has 1 saturated carbocycles. The summed E-state index contributed by atoms with van der Waals surface area (Å²) in [6.45, 7) is 7.49. The molecule has 7 nitrogen and oxygen atoms in total. The lowest BCUT2D eigenvalue weighted by Gasteiger charge is -2.38. The van der Waals surface area contributed by atoms with Gasteiger partial charge < -0.3 is 14.5 Å². The zero-order chi connectivity index (χ0) is 21.1. The average Bonchev–Trinajstić information content (AvgIpc) is 3.60.